The van der Waals surface area contributed by atoms with E-state index in [4.69, 9.17) is 0 Å². The van der Waals surface area contributed by atoms with Crippen LogP contribution in [0, 0.1) is 12.8 Å². The lowest BCUT2D eigenvalue weighted by Gasteiger charge is -2.20. The summed E-state index contributed by atoms with van der Waals surface area (Å²) in [6.45, 7) is 4.77. The SMILES string of the molecule is Cc1ccc2c(c1)N(C)CC(C)C(=O)N2. The van der Waals surface area contributed by atoms with Crippen molar-refractivity contribution in [3.63, 3.8) is 0 Å². The summed E-state index contributed by atoms with van der Waals surface area (Å²) >= 11 is 0. The van der Waals surface area contributed by atoms with Gasteiger partial charge in [-0.05, 0) is 24.6 Å². The molecule has 1 heterocycles. The largest absolute Gasteiger partial charge is 0.372 e. The molecule has 1 atom stereocenters. The van der Waals surface area contributed by atoms with Crippen LogP contribution >= 0.6 is 0 Å². The lowest BCUT2D eigenvalue weighted by Crippen LogP contribution is -2.27. The van der Waals surface area contributed by atoms with Gasteiger partial charge in [0.1, 0.15) is 0 Å². The highest BCUT2D eigenvalue weighted by molar-refractivity contribution is 5.97. The molecule has 1 unspecified atom stereocenters. The molecule has 0 saturated carbocycles. The quantitative estimate of drug-likeness (QED) is 0.701. The van der Waals surface area contributed by atoms with E-state index in [2.05, 4.69) is 23.2 Å². The fourth-order valence-electron chi connectivity index (χ4n) is 1.91. The van der Waals surface area contributed by atoms with Crippen molar-refractivity contribution in [2.24, 2.45) is 5.92 Å². The molecule has 1 N–H and O–H groups in total. The summed E-state index contributed by atoms with van der Waals surface area (Å²) < 4.78 is 0. The van der Waals surface area contributed by atoms with Gasteiger partial charge < -0.3 is 10.2 Å². The van der Waals surface area contributed by atoms with Crippen LogP contribution in [0.25, 0.3) is 0 Å². The van der Waals surface area contributed by atoms with E-state index in [1.165, 1.54) is 5.56 Å². The Morgan fingerprint density at radius 1 is 1.47 bits per heavy atom. The Balaban J connectivity index is 2.46. The lowest BCUT2D eigenvalue weighted by molar-refractivity contribution is -0.119. The number of anilines is 2. The van der Waals surface area contributed by atoms with Gasteiger partial charge >= 0.3 is 0 Å². The third-order valence-electron chi connectivity index (χ3n) is 2.82. The average Bonchev–Trinajstić information content (AvgIpc) is 2.28. The van der Waals surface area contributed by atoms with Crippen LogP contribution in [0.2, 0.25) is 0 Å². The summed E-state index contributed by atoms with van der Waals surface area (Å²) in [5.74, 6) is 0.132. The predicted molar refractivity (Wildman–Crippen MR) is 62.2 cm³/mol. The monoisotopic (exact) mass is 204 g/mol. The number of hydrogen-bond acceptors (Lipinski definition) is 2. The number of amides is 1. The highest BCUT2D eigenvalue weighted by Crippen LogP contribution is 2.29. The topological polar surface area (TPSA) is 32.3 Å². The first-order chi connectivity index (χ1) is 7.08. The van der Waals surface area contributed by atoms with Gasteiger partial charge in [0, 0.05) is 13.6 Å². The second kappa shape index (κ2) is 3.57. The van der Waals surface area contributed by atoms with Gasteiger partial charge in [-0.2, -0.15) is 0 Å². The maximum atomic E-state index is 11.7. The molecule has 80 valence electrons. The van der Waals surface area contributed by atoms with E-state index in [0.29, 0.717) is 0 Å². The molecule has 1 amide bonds. The molecule has 1 aromatic rings. The van der Waals surface area contributed by atoms with Crippen LogP contribution in [0.1, 0.15) is 12.5 Å². The van der Waals surface area contributed by atoms with Gasteiger partial charge in [0.05, 0.1) is 17.3 Å². The first-order valence-corrected chi connectivity index (χ1v) is 5.20. The second-order valence-electron chi connectivity index (χ2n) is 4.29. The molecule has 0 aliphatic carbocycles. The van der Waals surface area contributed by atoms with Gasteiger partial charge in [0.25, 0.3) is 0 Å². The Hall–Kier alpha value is -1.51. The van der Waals surface area contributed by atoms with Gasteiger partial charge in [0.2, 0.25) is 5.91 Å². The molecule has 2 rings (SSSR count). The number of aryl methyl sites for hydroxylation is 1. The number of nitrogens with one attached hydrogen (secondary N) is 1. The zero-order chi connectivity index (χ0) is 11.0. The minimum absolute atomic E-state index is 0.0303. The van der Waals surface area contributed by atoms with Crippen LogP contribution in [-0.2, 0) is 4.79 Å². The zero-order valence-corrected chi connectivity index (χ0v) is 9.37. The van der Waals surface area contributed by atoms with E-state index in [-0.39, 0.29) is 11.8 Å². The first kappa shape index (κ1) is 10.0. The van der Waals surface area contributed by atoms with Crippen molar-refractivity contribution in [2.45, 2.75) is 13.8 Å². The van der Waals surface area contributed by atoms with E-state index in [1.54, 1.807) is 0 Å². The third kappa shape index (κ3) is 1.82. The molecule has 0 radical (unpaired) electrons. The Morgan fingerprint density at radius 3 is 2.93 bits per heavy atom. The molecular weight excluding hydrogens is 188 g/mol. The van der Waals surface area contributed by atoms with Crippen molar-refractivity contribution in [3.05, 3.63) is 23.8 Å². The van der Waals surface area contributed by atoms with E-state index < -0.39 is 0 Å². The summed E-state index contributed by atoms with van der Waals surface area (Å²) in [4.78, 5) is 13.8. The number of carbonyl (C=O) groups excluding carboxylic acids is 1. The molecule has 1 aliphatic heterocycles. The van der Waals surface area contributed by atoms with Crippen LogP contribution < -0.4 is 10.2 Å². The maximum Gasteiger partial charge on any atom is 0.229 e. The molecular formula is C12H16N2O. The van der Waals surface area contributed by atoms with Crippen molar-refractivity contribution in [2.75, 3.05) is 23.8 Å². The number of hydrogen-bond donors (Lipinski definition) is 1. The molecule has 0 bridgehead atoms. The fraction of sp³-hybridized carbons (Fsp3) is 0.417. The smallest absolute Gasteiger partial charge is 0.229 e. The van der Waals surface area contributed by atoms with Crippen LogP contribution in [0.3, 0.4) is 0 Å². The van der Waals surface area contributed by atoms with E-state index in [1.807, 2.05) is 26.1 Å². The van der Waals surface area contributed by atoms with Gasteiger partial charge in [-0.15, -0.1) is 0 Å². The predicted octanol–water partition coefficient (Wildman–Crippen LogP) is 2.02. The van der Waals surface area contributed by atoms with E-state index in [0.717, 1.165) is 17.9 Å². The normalized spacial score (nSPS) is 20.6. The number of nitrogens with zero attached hydrogens (tertiary/aromatic N) is 1. The number of benzene rings is 1. The summed E-state index contributed by atoms with van der Waals surface area (Å²) in [6, 6.07) is 6.09. The molecule has 0 fully saturated rings. The first-order valence-electron chi connectivity index (χ1n) is 5.20. The highest BCUT2D eigenvalue weighted by Gasteiger charge is 2.22. The van der Waals surface area contributed by atoms with Gasteiger partial charge in [-0.25, -0.2) is 0 Å². The maximum absolute atomic E-state index is 11.7. The molecule has 0 spiro atoms. The van der Waals surface area contributed by atoms with E-state index >= 15 is 0 Å². The minimum atomic E-state index is 0.0303. The van der Waals surface area contributed by atoms with Crippen molar-refractivity contribution < 1.29 is 4.79 Å². The number of rotatable bonds is 0. The molecule has 1 aromatic carbocycles. The average molecular weight is 204 g/mol. The molecule has 0 aromatic heterocycles. The Labute approximate surface area is 90.1 Å². The number of fused-ring (bicyclic) bond motifs is 1. The third-order valence-corrected chi connectivity index (χ3v) is 2.82. The summed E-state index contributed by atoms with van der Waals surface area (Å²) in [5, 5.41) is 2.95. The van der Waals surface area contributed by atoms with E-state index in [9.17, 15) is 4.79 Å². The number of carbonyl (C=O) groups is 1. The zero-order valence-electron chi connectivity index (χ0n) is 9.37. The lowest BCUT2D eigenvalue weighted by atomic mass is 10.1. The summed E-state index contributed by atoms with van der Waals surface area (Å²) in [5.41, 5.74) is 3.23. The van der Waals surface area contributed by atoms with Crippen LogP contribution in [0.5, 0.6) is 0 Å². The molecule has 3 nitrogen and oxygen atoms in total. The molecule has 15 heavy (non-hydrogen) atoms. The summed E-state index contributed by atoms with van der Waals surface area (Å²) in [7, 11) is 2.02. The van der Waals surface area contributed by atoms with Crippen LogP contribution in [0.15, 0.2) is 18.2 Å². The van der Waals surface area contributed by atoms with Crippen molar-refractivity contribution in [1.82, 2.24) is 0 Å². The van der Waals surface area contributed by atoms with Crippen LogP contribution in [-0.4, -0.2) is 19.5 Å². The Kier molecular flexibility index (Phi) is 2.39. The van der Waals surface area contributed by atoms with Gasteiger partial charge in [-0.3, -0.25) is 4.79 Å². The summed E-state index contributed by atoms with van der Waals surface area (Å²) in [6.07, 6.45) is 0. The highest BCUT2D eigenvalue weighted by atomic mass is 16.1. The van der Waals surface area contributed by atoms with Crippen LogP contribution in [0.4, 0.5) is 11.4 Å². The van der Waals surface area contributed by atoms with Crippen molar-refractivity contribution in [1.29, 1.82) is 0 Å². The minimum Gasteiger partial charge on any atom is -0.372 e. The van der Waals surface area contributed by atoms with Gasteiger partial charge in [0.15, 0.2) is 0 Å². The molecule has 1 aliphatic rings. The Bertz CT molecular complexity index is 401. The molecule has 0 saturated heterocycles. The van der Waals surface area contributed by atoms with Crippen molar-refractivity contribution in [3.8, 4) is 0 Å². The van der Waals surface area contributed by atoms with Gasteiger partial charge in [-0.1, -0.05) is 13.0 Å². The van der Waals surface area contributed by atoms with Crippen molar-refractivity contribution >= 4 is 17.3 Å². The second-order valence-corrected chi connectivity index (χ2v) is 4.29. The standard InChI is InChI=1S/C12H16N2O/c1-8-4-5-10-11(6-8)14(3)7-9(2)12(15)13-10/h4-6,9H,7H2,1-3H3,(H,13,15). The Morgan fingerprint density at radius 2 is 2.20 bits per heavy atom. The molecule has 3 heteroatoms. The fourth-order valence-corrected chi connectivity index (χ4v) is 1.91.